The van der Waals surface area contributed by atoms with E-state index in [0.29, 0.717) is 32.4 Å². The van der Waals surface area contributed by atoms with Crippen LogP contribution in [-0.2, 0) is 19.1 Å². The minimum absolute atomic E-state index is 0.0112. The van der Waals surface area contributed by atoms with Crippen LogP contribution in [0.5, 0.6) is 0 Å². The fourth-order valence-corrected chi connectivity index (χ4v) is 9.78. The Morgan fingerprint density at radius 2 is 1.01 bits per heavy atom. The molecule has 0 fully saturated rings. The first-order valence-corrected chi connectivity index (χ1v) is 29.6. The monoisotopic (exact) mass is 963 g/mol. The van der Waals surface area contributed by atoms with E-state index in [1.807, 2.05) is 11.1 Å². The number of unbranched alkanes of at least 4 members (excludes halogenated alkanes) is 26. The highest BCUT2D eigenvalue weighted by Crippen LogP contribution is 2.23. The highest BCUT2D eigenvalue weighted by molar-refractivity contribution is 5.69. The van der Waals surface area contributed by atoms with E-state index in [4.69, 9.17) is 21.1 Å². The van der Waals surface area contributed by atoms with Crippen LogP contribution in [0.3, 0.4) is 0 Å². The first-order valence-electron chi connectivity index (χ1n) is 29.6. The first-order chi connectivity index (χ1) is 33.2. The molecule has 0 aromatic carbocycles. The van der Waals surface area contributed by atoms with Crippen molar-refractivity contribution >= 4 is 11.9 Å². The Hall–Kier alpha value is -1.56. The smallest absolute Gasteiger partial charge is 0.306 e. The molecule has 6 N–H and O–H groups in total. The molecule has 0 amide bonds. The van der Waals surface area contributed by atoms with Crippen molar-refractivity contribution in [2.45, 2.75) is 308 Å². The molecule has 1 rings (SSSR count). The topological polar surface area (TPSA) is 152 Å². The zero-order chi connectivity index (χ0) is 49.6. The molecule has 3 unspecified atom stereocenters. The highest BCUT2D eigenvalue weighted by Gasteiger charge is 2.20. The minimum Gasteiger partial charge on any atom is -0.466 e. The molecule has 0 heterocycles. The van der Waals surface area contributed by atoms with Crippen LogP contribution in [0.1, 0.15) is 284 Å². The fourth-order valence-electron chi connectivity index (χ4n) is 9.78. The van der Waals surface area contributed by atoms with Crippen LogP contribution in [0, 0.1) is 0 Å². The third-order valence-corrected chi connectivity index (χ3v) is 14.3. The number of hydrazine groups is 1. The van der Waals surface area contributed by atoms with Gasteiger partial charge in [-0.15, -0.1) is 0 Å². The fraction of sp³-hybridized carbons (Fsp3) is 0.931. The number of carbonyl (C=O) groups is 2. The normalized spacial score (nSPS) is 15.7. The van der Waals surface area contributed by atoms with Crippen molar-refractivity contribution in [1.29, 1.82) is 0 Å². The molecular formula is C58H114N4O6. The molecule has 0 spiro atoms. The first kappa shape index (κ1) is 64.5. The molecule has 0 radical (unpaired) electrons. The van der Waals surface area contributed by atoms with E-state index in [1.54, 1.807) is 0 Å². The van der Waals surface area contributed by atoms with Crippen LogP contribution in [0.25, 0.3) is 0 Å². The number of carbonyl (C=O) groups excluding carboxylic acids is 2. The molecule has 0 aromatic rings. The molecule has 3 atom stereocenters. The third-order valence-electron chi connectivity index (χ3n) is 14.3. The van der Waals surface area contributed by atoms with Crippen LogP contribution in [0.4, 0.5) is 0 Å². The second-order valence-corrected chi connectivity index (χ2v) is 21.1. The summed E-state index contributed by atoms with van der Waals surface area (Å²) in [5.41, 5.74) is 7.79. The number of aliphatic hydroxyl groups is 2. The van der Waals surface area contributed by atoms with Crippen LogP contribution < -0.4 is 11.6 Å². The summed E-state index contributed by atoms with van der Waals surface area (Å²) in [5.74, 6) is 6.32. The maximum atomic E-state index is 12.9. The van der Waals surface area contributed by atoms with Crippen molar-refractivity contribution in [3.05, 3.63) is 11.6 Å². The summed E-state index contributed by atoms with van der Waals surface area (Å²) in [7, 11) is 0. The number of aliphatic hydroxyl groups excluding tert-OH is 2. The zero-order valence-electron chi connectivity index (χ0n) is 45.2. The summed E-state index contributed by atoms with van der Waals surface area (Å²) in [4.78, 5) is 28.0. The summed E-state index contributed by atoms with van der Waals surface area (Å²) < 4.78 is 11.7. The van der Waals surface area contributed by atoms with Gasteiger partial charge in [-0.05, 0) is 122 Å². The standard InChI is InChI=1S/C58H114N4O6/c1-4-7-10-13-16-17-18-24-36-49-67-57(65)41-29-25-33-46-61(47-34-31-38-53(59)51-62(60)48-35-30-37-52-43-44-55(63)56(64)50-52)45-32-23-19-22-28-42-58(66)68-54(39-26-20-14-11-8-5-2)40-27-21-15-12-9-6-3/h50,53-56,63-64H,4-49,51,59-60H2,1-3H3. The molecular weight excluding hydrogens is 849 g/mol. The van der Waals surface area contributed by atoms with Gasteiger partial charge in [-0.1, -0.05) is 180 Å². The van der Waals surface area contributed by atoms with E-state index in [2.05, 4.69) is 25.7 Å². The zero-order valence-corrected chi connectivity index (χ0v) is 45.2. The number of ether oxygens (including phenoxy) is 2. The van der Waals surface area contributed by atoms with Gasteiger partial charge in [0, 0.05) is 32.0 Å². The number of rotatable bonds is 51. The summed E-state index contributed by atoms with van der Waals surface area (Å²) in [5, 5.41) is 21.5. The molecule has 0 aromatic heterocycles. The molecule has 1 aliphatic rings. The van der Waals surface area contributed by atoms with Crippen LogP contribution in [-0.4, -0.2) is 95.7 Å². The number of esters is 2. The Labute approximate surface area is 420 Å². The summed E-state index contributed by atoms with van der Waals surface area (Å²) >= 11 is 0. The average Bonchev–Trinajstić information content (AvgIpc) is 3.32. The maximum absolute atomic E-state index is 12.9. The van der Waals surface area contributed by atoms with Gasteiger partial charge in [0.05, 0.1) is 18.8 Å². The van der Waals surface area contributed by atoms with E-state index >= 15 is 0 Å². The second-order valence-electron chi connectivity index (χ2n) is 21.1. The van der Waals surface area contributed by atoms with E-state index in [0.717, 1.165) is 142 Å². The van der Waals surface area contributed by atoms with Gasteiger partial charge >= 0.3 is 11.9 Å². The maximum Gasteiger partial charge on any atom is 0.306 e. The lowest BCUT2D eigenvalue weighted by molar-refractivity contribution is -0.150. The Kier molecular flexibility index (Phi) is 45.3. The van der Waals surface area contributed by atoms with Gasteiger partial charge in [0.1, 0.15) is 6.10 Å². The van der Waals surface area contributed by atoms with Crippen molar-refractivity contribution < 1.29 is 29.3 Å². The van der Waals surface area contributed by atoms with Crippen LogP contribution in [0.2, 0.25) is 0 Å². The van der Waals surface area contributed by atoms with E-state index < -0.39 is 12.2 Å². The molecule has 10 heteroatoms. The largest absolute Gasteiger partial charge is 0.466 e. The molecule has 0 saturated carbocycles. The quantitative estimate of drug-likeness (QED) is 0.0152. The molecule has 0 aliphatic heterocycles. The highest BCUT2D eigenvalue weighted by atomic mass is 16.5. The lowest BCUT2D eigenvalue weighted by Gasteiger charge is -2.24. The summed E-state index contributed by atoms with van der Waals surface area (Å²) in [6.07, 6.45) is 46.5. The number of allylic oxidation sites excluding steroid dienone is 1. The average molecular weight is 964 g/mol. The summed E-state index contributed by atoms with van der Waals surface area (Å²) in [6.45, 7) is 12.0. The molecule has 10 nitrogen and oxygen atoms in total. The number of nitrogens with two attached hydrogens (primary N) is 2. The number of nitrogens with zero attached hydrogens (tertiary/aromatic N) is 2. The van der Waals surface area contributed by atoms with Crippen molar-refractivity contribution in [1.82, 2.24) is 9.91 Å². The van der Waals surface area contributed by atoms with Crippen molar-refractivity contribution in [2.75, 3.05) is 39.3 Å². The van der Waals surface area contributed by atoms with E-state index in [-0.39, 0.29) is 24.1 Å². The predicted octanol–water partition coefficient (Wildman–Crippen LogP) is 14.0. The van der Waals surface area contributed by atoms with Crippen molar-refractivity contribution in [3.8, 4) is 0 Å². The van der Waals surface area contributed by atoms with E-state index in [9.17, 15) is 19.8 Å². The molecule has 0 bridgehead atoms. The van der Waals surface area contributed by atoms with Crippen LogP contribution in [0.15, 0.2) is 11.6 Å². The minimum atomic E-state index is -0.728. The van der Waals surface area contributed by atoms with Gasteiger partial charge < -0.3 is 30.3 Å². The van der Waals surface area contributed by atoms with Gasteiger partial charge in [0.25, 0.3) is 0 Å². The molecule has 1 aliphatic carbocycles. The predicted molar refractivity (Wildman–Crippen MR) is 287 cm³/mol. The van der Waals surface area contributed by atoms with E-state index in [1.165, 1.54) is 134 Å². The van der Waals surface area contributed by atoms with Gasteiger partial charge in [-0.25, -0.2) is 5.01 Å². The van der Waals surface area contributed by atoms with Gasteiger partial charge in [0.2, 0.25) is 0 Å². The van der Waals surface area contributed by atoms with Gasteiger partial charge in [-0.3, -0.25) is 15.4 Å². The SMILES string of the molecule is CCCCCCCCCCCOC(=O)CCCCCN(CCCCCCCC(=O)OC(CCCCCCCC)CCCCCCCC)CCCCC(N)CN(N)CCCCC1=CC(O)C(O)CC1. The van der Waals surface area contributed by atoms with Gasteiger partial charge in [0.15, 0.2) is 0 Å². The molecule has 0 saturated heterocycles. The molecule has 68 heavy (non-hydrogen) atoms. The summed E-state index contributed by atoms with van der Waals surface area (Å²) in [6, 6.07) is 0.0509. The molecule has 402 valence electrons. The lowest BCUT2D eigenvalue weighted by Crippen LogP contribution is -2.42. The Balaban J connectivity index is 2.43. The Morgan fingerprint density at radius 1 is 0.574 bits per heavy atom. The number of hydrogen-bond donors (Lipinski definition) is 4. The van der Waals surface area contributed by atoms with Gasteiger partial charge in [-0.2, -0.15) is 0 Å². The third kappa shape index (κ3) is 41.1. The van der Waals surface area contributed by atoms with Crippen molar-refractivity contribution in [2.24, 2.45) is 11.6 Å². The Morgan fingerprint density at radius 3 is 1.57 bits per heavy atom. The second kappa shape index (κ2) is 47.7. The Bertz CT molecular complexity index is 1140. The lowest BCUT2D eigenvalue weighted by atomic mass is 9.92. The van der Waals surface area contributed by atoms with Crippen LogP contribution >= 0.6 is 0 Å². The number of hydrogen-bond acceptors (Lipinski definition) is 10. The van der Waals surface area contributed by atoms with Crippen molar-refractivity contribution in [3.63, 3.8) is 0 Å².